The molecule has 2 saturated heterocycles. The lowest BCUT2D eigenvalue weighted by Gasteiger charge is -2.43. The number of rotatable bonds is 6. The highest BCUT2D eigenvalue weighted by Gasteiger charge is 2.32. The smallest absolute Gasteiger partial charge is 0.261 e. The van der Waals surface area contributed by atoms with Gasteiger partial charge in [-0.25, -0.2) is 0 Å². The fourth-order valence-corrected chi connectivity index (χ4v) is 5.44. The van der Waals surface area contributed by atoms with Crippen LogP contribution < -0.4 is 9.47 Å². The number of ether oxygens (including phenoxy) is 2. The van der Waals surface area contributed by atoms with Crippen molar-refractivity contribution in [3.63, 3.8) is 0 Å². The van der Waals surface area contributed by atoms with Crippen LogP contribution in [0, 0.1) is 0 Å². The van der Waals surface area contributed by atoms with Crippen molar-refractivity contribution in [2.75, 3.05) is 73.1 Å². The van der Waals surface area contributed by atoms with E-state index in [-0.39, 0.29) is 38.9 Å². The topological polar surface area (TPSA) is 65.6 Å². The molecule has 0 spiro atoms. The summed E-state index contributed by atoms with van der Waals surface area (Å²) in [7, 11) is 2.92. The third kappa shape index (κ3) is 5.19. The van der Waals surface area contributed by atoms with Gasteiger partial charge in [0.25, 0.3) is 5.91 Å². The minimum atomic E-state index is -0.244. The van der Waals surface area contributed by atoms with Crippen LogP contribution in [0.15, 0.2) is 6.07 Å². The summed E-state index contributed by atoms with van der Waals surface area (Å²) in [6, 6.07) is 2.24. The average Bonchev–Trinajstić information content (AvgIpc) is 2.78. The van der Waals surface area contributed by atoms with Crippen LogP contribution in [0.1, 0.15) is 29.6 Å². The lowest BCUT2D eigenvalue weighted by molar-refractivity contribution is -0.135. The standard InChI is InChI=1S/C23H32Cl2N4O4/c1-32-21-17(24)14-18(25)22(33-2)20(21)23(31)29-8-6-26(7-9-29)15-19(30)28-12-10-27(11-13-28)16-4-3-5-16/h14,16H,3-13,15H2,1-2H3. The Hall–Kier alpha value is -1.74. The van der Waals surface area contributed by atoms with Crippen LogP contribution in [0.3, 0.4) is 0 Å². The highest BCUT2D eigenvalue weighted by Crippen LogP contribution is 2.41. The van der Waals surface area contributed by atoms with Crippen molar-refractivity contribution in [3.8, 4) is 11.5 Å². The first-order valence-corrected chi connectivity index (χ1v) is 12.3. The molecule has 3 aliphatic rings. The van der Waals surface area contributed by atoms with E-state index in [4.69, 9.17) is 32.7 Å². The SMILES string of the molecule is COc1c(Cl)cc(Cl)c(OC)c1C(=O)N1CCN(CC(=O)N2CCN(C3CCC3)CC2)CC1. The summed E-state index contributed by atoms with van der Waals surface area (Å²) in [5.74, 6) is 0.433. The minimum absolute atomic E-state index is 0.174. The second-order valence-electron chi connectivity index (χ2n) is 8.85. The van der Waals surface area contributed by atoms with Crippen molar-refractivity contribution in [2.24, 2.45) is 0 Å². The van der Waals surface area contributed by atoms with Crippen LogP contribution in [0.5, 0.6) is 11.5 Å². The fourth-order valence-electron chi connectivity index (χ4n) is 4.82. The number of benzene rings is 1. The van der Waals surface area contributed by atoms with Gasteiger partial charge in [-0.2, -0.15) is 0 Å². The molecule has 1 aliphatic carbocycles. The van der Waals surface area contributed by atoms with Gasteiger partial charge in [-0.3, -0.25) is 19.4 Å². The lowest BCUT2D eigenvalue weighted by Crippen LogP contribution is -2.56. The van der Waals surface area contributed by atoms with Crippen LogP contribution >= 0.6 is 23.2 Å². The highest BCUT2D eigenvalue weighted by molar-refractivity contribution is 6.37. The monoisotopic (exact) mass is 498 g/mol. The second kappa shape index (κ2) is 10.7. The van der Waals surface area contributed by atoms with Crippen molar-refractivity contribution in [2.45, 2.75) is 25.3 Å². The van der Waals surface area contributed by atoms with Gasteiger partial charge in [-0.05, 0) is 18.9 Å². The summed E-state index contributed by atoms with van der Waals surface area (Å²) in [5, 5.41) is 0.515. The number of carbonyl (C=O) groups excluding carboxylic acids is 2. The molecule has 4 rings (SSSR count). The summed E-state index contributed by atoms with van der Waals surface area (Å²) >= 11 is 12.5. The van der Waals surface area contributed by atoms with Crippen molar-refractivity contribution in [3.05, 3.63) is 21.7 Å². The molecule has 0 atom stereocenters. The number of hydrogen-bond acceptors (Lipinski definition) is 6. The van der Waals surface area contributed by atoms with Gasteiger partial charge in [0.2, 0.25) is 5.91 Å². The first kappa shape index (κ1) is 24.4. The molecular weight excluding hydrogens is 467 g/mol. The normalized spacial score (nSPS) is 20.5. The lowest BCUT2D eigenvalue weighted by atomic mass is 9.91. The molecule has 0 aromatic heterocycles. The Morgan fingerprint density at radius 1 is 0.879 bits per heavy atom. The van der Waals surface area contributed by atoms with Crippen LogP contribution in [0.25, 0.3) is 0 Å². The molecule has 0 bridgehead atoms. The van der Waals surface area contributed by atoms with Gasteiger partial charge in [0.05, 0.1) is 30.8 Å². The van der Waals surface area contributed by atoms with Gasteiger partial charge in [-0.1, -0.05) is 29.6 Å². The van der Waals surface area contributed by atoms with Crippen molar-refractivity contribution in [1.82, 2.24) is 19.6 Å². The molecule has 1 saturated carbocycles. The molecule has 0 unspecified atom stereocenters. The summed E-state index contributed by atoms with van der Waals surface area (Å²) < 4.78 is 10.8. The molecule has 1 aromatic carbocycles. The van der Waals surface area contributed by atoms with Crippen LogP contribution in [0.2, 0.25) is 10.0 Å². The number of hydrogen-bond donors (Lipinski definition) is 0. The van der Waals surface area contributed by atoms with Gasteiger partial charge in [0, 0.05) is 58.4 Å². The van der Waals surface area contributed by atoms with Gasteiger partial charge >= 0.3 is 0 Å². The van der Waals surface area contributed by atoms with Gasteiger partial charge in [0.15, 0.2) is 11.5 Å². The van der Waals surface area contributed by atoms with Gasteiger partial charge in [-0.15, -0.1) is 0 Å². The summed E-state index contributed by atoms with van der Waals surface area (Å²) in [6.45, 7) is 6.20. The Bertz CT molecular complexity index is 851. The largest absolute Gasteiger partial charge is 0.494 e. The molecule has 3 fully saturated rings. The minimum Gasteiger partial charge on any atom is -0.494 e. The van der Waals surface area contributed by atoms with E-state index in [1.165, 1.54) is 39.5 Å². The molecule has 2 heterocycles. The zero-order chi connectivity index (χ0) is 23.5. The van der Waals surface area contributed by atoms with Crippen molar-refractivity contribution in [1.29, 1.82) is 0 Å². The van der Waals surface area contributed by atoms with E-state index in [0.29, 0.717) is 32.7 Å². The molecule has 8 nitrogen and oxygen atoms in total. The maximum Gasteiger partial charge on any atom is 0.261 e. The second-order valence-corrected chi connectivity index (χ2v) is 9.67. The van der Waals surface area contributed by atoms with Gasteiger partial charge < -0.3 is 19.3 Å². The Balaban J connectivity index is 1.31. The fraction of sp³-hybridized carbons (Fsp3) is 0.652. The number of piperazine rings is 2. The Morgan fingerprint density at radius 2 is 1.42 bits per heavy atom. The summed E-state index contributed by atoms with van der Waals surface area (Å²) in [6.07, 6.45) is 3.94. The van der Waals surface area contributed by atoms with Crippen molar-refractivity contribution >= 4 is 35.0 Å². The molecule has 182 valence electrons. The highest BCUT2D eigenvalue weighted by atomic mass is 35.5. The first-order chi connectivity index (χ1) is 15.9. The Morgan fingerprint density at radius 3 is 1.91 bits per heavy atom. The molecule has 2 amide bonds. The predicted octanol–water partition coefficient (Wildman–Crippen LogP) is 2.47. The number of amides is 2. The molecule has 1 aromatic rings. The first-order valence-electron chi connectivity index (χ1n) is 11.6. The third-order valence-corrected chi connectivity index (χ3v) is 7.60. The van der Waals surface area contributed by atoms with E-state index in [9.17, 15) is 9.59 Å². The van der Waals surface area contributed by atoms with Crippen LogP contribution in [0.4, 0.5) is 0 Å². The van der Waals surface area contributed by atoms with E-state index in [1.54, 1.807) is 4.90 Å². The Kier molecular flexibility index (Phi) is 7.89. The quantitative estimate of drug-likeness (QED) is 0.600. The van der Waals surface area contributed by atoms with E-state index in [1.807, 2.05) is 4.90 Å². The average molecular weight is 499 g/mol. The summed E-state index contributed by atoms with van der Waals surface area (Å²) in [5.41, 5.74) is 0.228. The molecular formula is C23H32Cl2N4O4. The zero-order valence-electron chi connectivity index (χ0n) is 19.3. The van der Waals surface area contributed by atoms with E-state index in [2.05, 4.69) is 9.80 Å². The van der Waals surface area contributed by atoms with Crippen molar-refractivity contribution < 1.29 is 19.1 Å². The predicted molar refractivity (Wildman–Crippen MR) is 128 cm³/mol. The van der Waals surface area contributed by atoms with E-state index in [0.717, 1.165) is 32.2 Å². The number of halogens is 2. The van der Waals surface area contributed by atoms with Crippen LogP contribution in [-0.4, -0.2) is 111 Å². The molecule has 2 aliphatic heterocycles. The molecule has 0 radical (unpaired) electrons. The third-order valence-electron chi connectivity index (χ3n) is 7.04. The van der Waals surface area contributed by atoms with Gasteiger partial charge in [0.1, 0.15) is 5.56 Å². The van der Waals surface area contributed by atoms with E-state index < -0.39 is 0 Å². The molecule has 33 heavy (non-hydrogen) atoms. The Labute approximate surface area is 205 Å². The molecule has 0 N–H and O–H groups in total. The number of methoxy groups -OCH3 is 2. The maximum absolute atomic E-state index is 13.3. The number of nitrogens with zero attached hydrogens (tertiary/aromatic N) is 4. The zero-order valence-corrected chi connectivity index (χ0v) is 20.8. The summed E-state index contributed by atoms with van der Waals surface area (Å²) in [4.78, 5) is 34.5. The van der Waals surface area contributed by atoms with Crippen LogP contribution in [-0.2, 0) is 4.79 Å². The number of carbonyl (C=O) groups is 2. The van der Waals surface area contributed by atoms with E-state index >= 15 is 0 Å². The maximum atomic E-state index is 13.3. The molecule has 10 heteroatoms.